The van der Waals surface area contributed by atoms with Gasteiger partial charge in [-0.2, -0.15) is 0 Å². The molecule has 1 aliphatic rings. The van der Waals surface area contributed by atoms with Crippen molar-refractivity contribution in [2.75, 3.05) is 13.2 Å². The van der Waals surface area contributed by atoms with E-state index in [9.17, 15) is 0 Å². The molecule has 0 unspecified atom stereocenters. The third-order valence-corrected chi connectivity index (χ3v) is 2.90. The fourth-order valence-electron chi connectivity index (χ4n) is 2.19. The Balaban J connectivity index is 2.55. The molecule has 0 aromatic rings. The quantitative estimate of drug-likeness (QED) is 0.694. The van der Waals surface area contributed by atoms with Crippen molar-refractivity contribution < 1.29 is 9.47 Å². The van der Waals surface area contributed by atoms with Gasteiger partial charge < -0.3 is 9.47 Å². The molecule has 0 aromatic carbocycles. The van der Waals surface area contributed by atoms with Crippen molar-refractivity contribution in [3.05, 3.63) is 0 Å². The van der Waals surface area contributed by atoms with Crippen molar-refractivity contribution in [3.63, 3.8) is 0 Å². The number of hydrogen-bond acceptors (Lipinski definition) is 2. The van der Waals surface area contributed by atoms with E-state index < -0.39 is 0 Å². The van der Waals surface area contributed by atoms with Crippen LogP contribution >= 0.6 is 0 Å². The van der Waals surface area contributed by atoms with Gasteiger partial charge in [0.25, 0.3) is 0 Å². The molecule has 0 spiro atoms. The molecule has 2 heteroatoms. The summed E-state index contributed by atoms with van der Waals surface area (Å²) < 4.78 is 12.0. The molecular weight excluding hydrogens is 188 g/mol. The van der Waals surface area contributed by atoms with Crippen LogP contribution in [0, 0.1) is 5.92 Å². The SMILES string of the molecule is CCCCC1(CC(C)C)OCCCCO1. The summed E-state index contributed by atoms with van der Waals surface area (Å²) in [7, 11) is 0. The molecule has 1 heterocycles. The summed E-state index contributed by atoms with van der Waals surface area (Å²) in [5.41, 5.74) is 0. The Morgan fingerprint density at radius 2 is 1.73 bits per heavy atom. The minimum absolute atomic E-state index is 0.263. The lowest BCUT2D eigenvalue weighted by atomic mass is 9.97. The fraction of sp³-hybridized carbons (Fsp3) is 1.00. The number of hydrogen-bond donors (Lipinski definition) is 0. The van der Waals surface area contributed by atoms with Crippen LogP contribution in [0.5, 0.6) is 0 Å². The van der Waals surface area contributed by atoms with Gasteiger partial charge in [0.15, 0.2) is 5.79 Å². The van der Waals surface area contributed by atoms with E-state index in [0.717, 1.165) is 38.9 Å². The van der Waals surface area contributed by atoms with Gasteiger partial charge >= 0.3 is 0 Å². The summed E-state index contributed by atoms with van der Waals surface area (Å²) in [6, 6.07) is 0. The minimum atomic E-state index is -0.263. The minimum Gasteiger partial charge on any atom is -0.350 e. The molecule has 15 heavy (non-hydrogen) atoms. The molecule has 0 bridgehead atoms. The maximum atomic E-state index is 5.98. The Morgan fingerprint density at radius 1 is 1.13 bits per heavy atom. The predicted molar refractivity (Wildman–Crippen MR) is 62.8 cm³/mol. The Hall–Kier alpha value is -0.0800. The van der Waals surface area contributed by atoms with E-state index in [1.807, 2.05) is 0 Å². The van der Waals surface area contributed by atoms with E-state index in [1.165, 1.54) is 12.8 Å². The molecule has 90 valence electrons. The Bertz CT molecular complexity index is 158. The molecule has 0 aromatic heterocycles. The van der Waals surface area contributed by atoms with Crippen molar-refractivity contribution in [1.29, 1.82) is 0 Å². The lowest BCUT2D eigenvalue weighted by Gasteiger charge is -2.34. The highest BCUT2D eigenvalue weighted by Crippen LogP contribution is 2.31. The van der Waals surface area contributed by atoms with Gasteiger partial charge in [0.05, 0.1) is 13.2 Å². The van der Waals surface area contributed by atoms with Gasteiger partial charge in [0, 0.05) is 12.8 Å². The molecule has 0 aliphatic carbocycles. The van der Waals surface area contributed by atoms with Crippen LogP contribution in [-0.4, -0.2) is 19.0 Å². The van der Waals surface area contributed by atoms with Gasteiger partial charge in [0.2, 0.25) is 0 Å². The second-order valence-corrected chi connectivity index (χ2v) is 5.02. The smallest absolute Gasteiger partial charge is 0.168 e. The van der Waals surface area contributed by atoms with E-state index in [2.05, 4.69) is 20.8 Å². The second kappa shape index (κ2) is 6.49. The van der Waals surface area contributed by atoms with Crippen LogP contribution in [0.15, 0.2) is 0 Å². The first-order valence-corrected chi connectivity index (χ1v) is 6.46. The highest BCUT2D eigenvalue weighted by molar-refractivity contribution is 4.74. The Morgan fingerprint density at radius 3 is 2.20 bits per heavy atom. The fourth-order valence-corrected chi connectivity index (χ4v) is 2.19. The summed E-state index contributed by atoms with van der Waals surface area (Å²) in [6.45, 7) is 8.45. The van der Waals surface area contributed by atoms with E-state index >= 15 is 0 Å². The molecular formula is C13H26O2. The van der Waals surface area contributed by atoms with Gasteiger partial charge in [-0.15, -0.1) is 0 Å². The van der Waals surface area contributed by atoms with E-state index in [1.54, 1.807) is 0 Å². The maximum Gasteiger partial charge on any atom is 0.168 e. The number of unbranched alkanes of at least 4 members (excludes halogenated alkanes) is 1. The summed E-state index contributed by atoms with van der Waals surface area (Å²) in [5, 5.41) is 0. The zero-order valence-corrected chi connectivity index (χ0v) is 10.6. The Labute approximate surface area is 94.3 Å². The molecule has 0 amide bonds. The molecule has 0 saturated carbocycles. The summed E-state index contributed by atoms with van der Waals surface area (Å²) in [6.07, 6.45) is 6.80. The maximum absolute atomic E-state index is 5.98. The van der Waals surface area contributed by atoms with Crippen molar-refractivity contribution in [2.24, 2.45) is 5.92 Å². The topological polar surface area (TPSA) is 18.5 Å². The highest BCUT2D eigenvalue weighted by Gasteiger charge is 2.33. The third-order valence-electron chi connectivity index (χ3n) is 2.90. The lowest BCUT2D eigenvalue weighted by molar-refractivity contribution is -0.238. The van der Waals surface area contributed by atoms with Crippen LogP contribution < -0.4 is 0 Å². The first-order valence-electron chi connectivity index (χ1n) is 6.46. The monoisotopic (exact) mass is 214 g/mol. The van der Waals surface area contributed by atoms with Gasteiger partial charge in [-0.3, -0.25) is 0 Å². The van der Waals surface area contributed by atoms with E-state index in [-0.39, 0.29) is 5.79 Å². The lowest BCUT2D eigenvalue weighted by Crippen LogP contribution is -2.37. The molecule has 1 rings (SSSR count). The van der Waals surface area contributed by atoms with Gasteiger partial charge in [-0.1, -0.05) is 27.2 Å². The largest absolute Gasteiger partial charge is 0.350 e. The van der Waals surface area contributed by atoms with Gasteiger partial charge in [0.1, 0.15) is 0 Å². The van der Waals surface area contributed by atoms with Crippen molar-refractivity contribution in [3.8, 4) is 0 Å². The van der Waals surface area contributed by atoms with E-state index in [0.29, 0.717) is 5.92 Å². The normalized spacial score (nSPS) is 21.6. The molecule has 1 aliphatic heterocycles. The molecule has 2 nitrogen and oxygen atoms in total. The van der Waals surface area contributed by atoms with Crippen LogP contribution in [0.2, 0.25) is 0 Å². The average molecular weight is 214 g/mol. The Kier molecular flexibility index (Phi) is 5.62. The van der Waals surface area contributed by atoms with Crippen LogP contribution in [0.4, 0.5) is 0 Å². The molecule has 0 radical (unpaired) electrons. The summed E-state index contributed by atoms with van der Waals surface area (Å²) in [5.74, 6) is 0.376. The molecule has 0 atom stereocenters. The first kappa shape index (κ1) is 13.0. The number of ether oxygens (including phenoxy) is 2. The standard InChI is InChI=1S/C13H26O2/c1-4-5-8-13(11-12(2)3)14-9-6-7-10-15-13/h12H,4-11H2,1-3H3. The van der Waals surface area contributed by atoms with Gasteiger partial charge in [-0.25, -0.2) is 0 Å². The molecule has 1 saturated heterocycles. The third kappa shape index (κ3) is 4.52. The van der Waals surface area contributed by atoms with E-state index in [4.69, 9.17) is 9.47 Å². The van der Waals surface area contributed by atoms with Crippen LogP contribution in [0.3, 0.4) is 0 Å². The highest BCUT2D eigenvalue weighted by atomic mass is 16.7. The zero-order valence-electron chi connectivity index (χ0n) is 10.6. The van der Waals surface area contributed by atoms with Crippen molar-refractivity contribution >= 4 is 0 Å². The molecule has 1 fully saturated rings. The summed E-state index contributed by atoms with van der Waals surface area (Å²) in [4.78, 5) is 0. The number of rotatable bonds is 5. The van der Waals surface area contributed by atoms with Crippen LogP contribution in [0.25, 0.3) is 0 Å². The zero-order chi connectivity index (χ0) is 11.1. The predicted octanol–water partition coefficient (Wildman–Crippen LogP) is 3.75. The summed E-state index contributed by atoms with van der Waals surface area (Å²) >= 11 is 0. The van der Waals surface area contributed by atoms with Gasteiger partial charge in [-0.05, 0) is 25.2 Å². The second-order valence-electron chi connectivity index (χ2n) is 5.02. The molecule has 0 N–H and O–H groups in total. The average Bonchev–Trinajstić information content (AvgIpc) is 2.40. The first-order chi connectivity index (χ1) is 7.18. The van der Waals surface area contributed by atoms with Crippen LogP contribution in [-0.2, 0) is 9.47 Å². The van der Waals surface area contributed by atoms with Crippen molar-refractivity contribution in [1.82, 2.24) is 0 Å². The van der Waals surface area contributed by atoms with Crippen LogP contribution in [0.1, 0.15) is 59.3 Å². The van der Waals surface area contributed by atoms with Crippen molar-refractivity contribution in [2.45, 2.75) is 65.1 Å².